The van der Waals surface area contributed by atoms with Gasteiger partial charge in [-0.3, -0.25) is 0 Å². The molecular weight excluding hydrogens is 310 g/mol. The van der Waals surface area contributed by atoms with Crippen molar-refractivity contribution >= 4 is 33.2 Å². The van der Waals surface area contributed by atoms with Crippen molar-refractivity contribution in [1.82, 2.24) is 25.2 Å². The number of thiazole rings is 1. The predicted octanol–water partition coefficient (Wildman–Crippen LogP) is 1.12. The van der Waals surface area contributed by atoms with Gasteiger partial charge in [-0.05, 0) is 28.1 Å². The van der Waals surface area contributed by atoms with E-state index in [4.69, 9.17) is 4.74 Å². The number of halogens is 1. The zero-order chi connectivity index (χ0) is 12.3. The molecule has 0 aliphatic carbocycles. The molecule has 0 amide bonds. The molecule has 2 rings (SSSR count). The van der Waals surface area contributed by atoms with Crippen LogP contribution in [0.25, 0.3) is 10.7 Å². The van der Waals surface area contributed by atoms with E-state index in [1.807, 2.05) is 0 Å². The monoisotopic (exact) mass is 317 g/mol. The van der Waals surface area contributed by atoms with Crippen molar-refractivity contribution < 1.29 is 9.53 Å². The number of rotatable bonds is 4. The lowest BCUT2D eigenvalue weighted by Gasteiger charge is -1.98. The van der Waals surface area contributed by atoms with E-state index in [1.54, 1.807) is 13.1 Å². The van der Waals surface area contributed by atoms with Crippen molar-refractivity contribution in [2.24, 2.45) is 0 Å². The van der Waals surface area contributed by atoms with Crippen molar-refractivity contribution in [3.05, 3.63) is 10.1 Å². The molecule has 0 spiro atoms. The van der Waals surface area contributed by atoms with Gasteiger partial charge in [-0.1, -0.05) is 0 Å². The summed E-state index contributed by atoms with van der Waals surface area (Å²) in [5.74, 6) is 0.0550. The van der Waals surface area contributed by atoms with Crippen LogP contribution in [0.2, 0.25) is 0 Å². The maximum absolute atomic E-state index is 11.2. The van der Waals surface area contributed by atoms with Crippen molar-refractivity contribution in [2.45, 2.75) is 13.5 Å². The molecule has 0 aromatic carbocycles. The Labute approximate surface area is 109 Å². The highest BCUT2D eigenvalue weighted by molar-refractivity contribution is 9.11. The number of tetrazole rings is 1. The molecule has 0 saturated heterocycles. The highest BCUT2D eigenvalue weighted by Crippen LogP contribution is 2.25. The Kier molecular flexibility index (Phi) is 3.79. The molecule has 9 heteroatoms. The standard InChI is InChI=1S/C8H8BrN5O2S/c1-2-16-6(15)4-14-12-7(11-13-14)5-3-10-8(9)17-5/h3H,2,4H2,1H3. The average molecular weight is 318 g/mol. The number of ether oxygens (including phenoxy) is 1. The third-order valence-corrected chi connectivity index (χ3v) is 3.20. The first-order valence-corrected chi connectivity index (χ1v) is 6.35. The molecule has 7 nitrogen and oxygen atoms in total. The molecule has 0 unspecified atom stereocenters. The summed E-state index contributed by atoms with van der Waals surface area (Å²) < 4.78 is 5.52. The largest absolute Gasteiger partial charge is 0.465 e. The van der Waals surface area contributed by atoms with Crippen LogP contribution in [0.4, 0.5) is 0 Å². The Morgan fingerprint density at radius 1 is 1.65 bits per heavy atom. The van der Waals surface area contributed by atoms with E-state index in [2.05, 4.69) is 36.3 Å². The van der Waals surface area contributed by atoms with E-state index in [1.165, 1.54) is 16.1 Å². The summed E-state index contributed by atoms with van der Waals surface area (Å²) >= 11 is 4.64. The first kappa shape index (κ1) is 12.1. The van der Waals surface area contributed by atoms with E-state index in [9.17, 15) is 4.79 Å². The minimum atomic E-state index is -0.387. The Hall–Kier alpha value is -1.35. The van der Waals surface area contributed by atoms with E-state index in [0.29, 0.717) is 12.4 Å². The lowest BCUT2D eigenvalue weighted by Crippen LogP contribution is -2.15. The van der Waals surface area contributed by atoms with Crippen LogP contribution in [0.3, 0.4) is 0 Å². The number of aromatic nitrogens is 5. The van der Waals surface area contributed by atoms with Crippen LogP contribution in [-0.2, 0) is 16.1 Å². The number of carbonyl (C=O) groups is 1. The maximum atomic E-state index is 11.2. The molecule has 17 heavy (non-hydrogen) atoms. The first-order chi connectivity index (χ1) is 8.19. The zero-order valence-corrected chi connectivity index (χ0v) is 11.2. The molecule has 0 aliphatic heterocycles. The average Bonchev–Trinajstić information content (AvgIpc) is 2.87. The van der Waals surface area contributed by atoms with Gasteiger partial charge in [0, 0.05) is 0 Å². The number of nitrogens with zero attached hydrogens (tertiary/aromatic N) is 5. The second-order valence-corrected chi connectivity index (χ2v) is 5.23. The van der Waals surface area contributed by atoms with Crippen LogP contribution < -0.4 is 0 Å². The van der Waals surface area contributed by atoms with E-state index >= 15 is 0 Å². The molecule has 2 heterocycles. The van der Waals surface area contributed by atoms with Crippen molar-refractivity contribution in [2.75, 3.05) is 6.61 Å². The molecule has 0 atom stereocenters. The molecular formula is C8H8BrN5O2S. The first-order valence-electron chi connectivity index (χ1n) is 4.74. The van der Waals surface area contributed by atoms with E-state index in [0.717, 1.165) is 8.79 Å². The summed E-state index contributed by atoms with van der Waals surface area (Å²) in [6.45, 7) is 2.04. The maximum Gasteiger partial charge on any atom is 0.329 e. The SMILES string of the molecule is CCOC(=O)Cn1nnc(-c2cnc(Br)s2)n1. The fourth-order valence-corrected chi connectivity index (χ4v) is 2.28. The van der Waals surface area contributed by atoms with Gasteiger partial charge in [-0.2, -0.15) is 4.80 Å². The normalized spacial score (nSPS) is 10.5. The van der Waals surface area contributed by atoms with Crippen LogP contribution in [0.1, 0.15) is 6.92 Å². The minimum Gasteiger partial charge on any atom is -0.465 e. The van der Waals surface area contributed by atoms with Gasteiger partial charge in [0.25, 0.3) is 0 Å². The van der Waals surface area contributed by atoms with Crippen molar-refractivity contribution in [3.8, 4) is 10.7 Å². The van der Waals surface area contributed by atoms with Gasteiger partial charge in [0.2, 0.25) is 5.82 Å². The molecule has 0 N–H and O–H groups in total. The molecule has 2 aromatic rings. The second kappa shape index (κ2) is 5.32. The highest BCUT2D eigenvalue weighted by Gasteiger charge is 2.11. The predicted molar refractivity (Wildman–Crippen MR) is 63.3 cm³/mol. The number of hydrogen-bond acceptors (Lipinski definition) is 7. The van der Waals surface area contributed by atoms with Gasteiger partial charge in [0.1, 0.15) is 0 Å². The third-order valence-electron chi connectivity index (χ3n) is 1.73. The van der Waals surface area contributed by atoms with Crippen molar-refractivity contribution in [3.63, 3.8) is 0 Å². The van der Waals surface area contributed by atoms with Gasteiger partial charge in [0.05, 0.1) is 17.7 Å². The Morgan fingerprint density at radius 3 is 3.12 bits per heavy atom. The van der Waals surface area contributed by atoms with Gasteiger partial charge < -0.3 is 4.74 Å². The fraction of sp³-hybridized carbons (Fsp3) is 0.375. The summed E-state index contributed by atoms with van der Waals surface area (Å²) in [6, 6.07) is 0. The van der Waals surface area contributed by atoms with Gasteiger partial charge in [0.15, 0.2) is 10.5 Å². The quantitative estimate of drug-likeness (QED) is 0.786. The third kappa shape index (κ3) is 3.07. The topological polar surface area (TPSA) is 82.8 Å². The number of hydrogen-bond donors (Lipinski definition) is 0. The smallest absolute Gasteiger partial charge is 0.329 e. The summed E-state index contributed by atoms with van der Waals surface area (Å²) in [5, 5.41) is 11.7. The summed E-state index contributed by atoms with van der Waals surface area (Å²) in [4.78, 5) is 17.2. The Morgan fingerprint density at radius 2 is 2.47 bits per heavy atom. The molecule has 0 saturated carbocycles. The van der Waals surface area contributed by atoms with Crippen LogP contribution in [-0.4, -0.2) is 37.8 Å². The van der Waals surface area contributed by atoms with Crippen LogP contribution >= 0.6 is 27.3 Å². The van der Waals surface area contributed by atoms with E-state index < -0.39 is 0 Å². The van der Waals surface area contributed by atoms with E-state index in [-0.39, 0.29) is 12.5 Å². The molecule has 2 aromatic heterocycles. The minimum absolute atomic E-state index is 0.0409. The van der Waals surface area contributed by atoms with Crippen LogP contribution in [0.15, 0.2) is 10.1 Å². The number of carbonyl (C=O) groups excluding carboxylic acids is 1. The zero-order valence-electron chi connectivity index (χ0n) is 8.83. The Balaban J connectivity index is 2.08. The second-order valence-electron chi connectivity index (χ2n) is 2.93. The summed E-state index contributed by atoms with van der Waals surface area (Å²) in [5.41, 5.74) is 0. The Bertz CT molecular complexity index is 525. The van der Waals surface area contributed by atoms with Gasteiger partial charge >= 0.3 is 5.97 Å². The van der Waals surface area contributed by atoms with Crippen molar-refractivity contribution in [1.29, 1.82) is 0 Å². The fourth-order valence-electron chi connectivity index (χ4n) is 1.09. The highest BCUT2D eigenvalue weighted by atomic mass is 79.9. The molecule has 0 aliphatic rings. The van der Waals surface area contributed by atoms with Gasteiger partial charge in [-0.25, -0.2) is 9.78 Å². The van der Waals surface area contributed by atoms with Crippen LogP contribution in [0.5, 0.6) is 0 Å². The summed E-state index contributed by atoms with van der Waals surface area (Å²) in [7, 11) is 0. The molecule has 0 fully saturated rings. The van der Waals surface area contributed by atoms with Gasteiger partial charge in [-0.15, -0.1) is 21.5 Å². The summed E-state index contributed by atoms with van der Waals surface area (Å²) in [6.07, 6.45) is 1.64. The number of esters is 1. The molecule has 0 radical (unpaired) electrons. The molecule has 90 valence electrons. The lowest BCUT2D eigenvalue weighted by molar-refractivity contribution is -0.144. The lowest BCUT2D eigenvalue weighted by atomic mass is 10.5. The van der Waals surface area contributed by atoms with Crippen LogP contribution in [0, 0.1) is 0 Å². The molecule has 0 bridgehead atoms.